The Labute approximate surface area is 144 Å². The summed E-state index contributed by atoms with van der Waals surface area (Å²) in [4.78, 5) is 11.8. The van der Waals surface area contributed by atoms with Gasteiger partial charge in [0.05, 0.1) is 4.90 Å². The zero-order chi connectivity index (χ0) is 16.6. The maximum Gasteiger partial charge on any atom is 0.243 e. The molecule has 6 nitrogen and oxygen atoms in total. The number of halogens is 1. The zero-order valence-electron chi connectivity index (χ0n) is 13.6. The number of hydrogen-bond donors (Lipinski definition) is 2. The molecule has 8 heteroatoms. The van der Waals surface area contributed by atoms with Gasteiger partial charge in [-0.3, -0.25) is 4.79 Å². The maximum atomic E-state index is 12.3. The van der Waals surface area contributed by atoms with Crippen LogP contribution in [-0.2, 0) is 21.4 Å². The Hall–Kier alpha value is -1.15. The van der Waals surface area contributed by atoms with Crippen LogP contribution in [0.2, 0.25) is 0 Å². The molecular weight excluding hydrogens is 338 g/mol. The monoisotopic (exact) mass is 363 g/mol. The largest absolute Gasteiger partial charge is 0.352 e. The summed E-state index contributed by atoms with van der Waals surface area (Å²) in [6.45, 7) is 5.38. The van der Waals surface area contributed by atoms with Crippen molar-refractivity contribution in [1.82, 2.24) is 9.62 Å². The SMILES string of the molecule is CCN(CC)S(=O)(=O)c1ccc(CNC(=O)CCCN)cc1.Cl. The van der Waals surface area contributed by atoms with Gasteiger partial charge < -0.3 is 11.1 Å². The van der Waals surface area contributed by atoms with Gasteiger partial charge in [0.2, 0.25) is 15.9 Å². The third-order valence-corrected chi connectivity index (χ3v) is 5.43. The predicted octanol–water partition coefficient (Wildman–Crippen LogP) is 1.49. The summed E-state index contributed by atoms with van der Waals surface area (Å²) in [5.41, 5.74) is 6.21. The molecule has 0 saturated carbocycles. The first-order valence-corrected chi connectivity index (χ1v) is 8.95. The van der Waals surface area contributed by atoms with Crippen LogP contribution in [0.1, 0.15) is 32.3 Å². The van der Waals surface area contributed by atoms with E-state index in [1.54, 1.807) is 24.3 Å². The molecule has 3 N–H and O–H groups in total. The van der Waals surface area contributed by atoms with Crippen LogP contribution in [-0.4, -0.2) is 38.3 Å². The highest BCUT2D eigenvalue weighted by Gasteiger charge is 2.21. The van der Waals surface area contributed by atoms with Crippen molar-refractivity contribution in [3.8, 4) is 0 Å². The molecule has 0 atom stereocenters. The van der Waals surface area contributed by atoms with Crippen LogP contribution >= 0.6 is 12.4 Å². The van der Waals surface area contributed by atoms with E-state index in [2.05, 4.69) is 5.32 Å². The Bertz CT molecular complexity index is 572. The fraction of sp³-hybridized carbons (Fsp3) is 0.533. The van der Waals surface area contributed by atoms with Crippen molar-refractivity contribution < 1.29 is 13.2 Å². The Morgan fingerprint density at radius 3 is 2.22 bits per heavy atom. The number of nitrogens with two attached hydrogens (primary N) is 1. The highest BCUT2D eigenvalue weighted by Crippen LogP contribution is 2.16. The van der Waals surface area contributed by atoms with Gasteiger partial charge in [-0.2, -0.15) is 4.31 Å². The number of amides is 1. The van der Waals surface area contributed by atoms with Crippen LogP contribution in [0.3, 0.4) is 0 Å². The van der Waals surface area contributed by atoms with E-state index >= 15 is 0 Å². The van der Waals surface area contributed by atoms with Crippen molar-refractivity contribution in [2.45, 2.75) is 38.1 Å². The summed E-state index contributed by atoms with van der Waals surface area (Å²) in [6.07, 6.45) is 1.07. The number of nitrogens with one attached hydrogen (secondary N) is 1. The lowest BCUT2D eigenvalue weighted by Gasteiger charge is -2.18. The number of hydrogen-bond acceptors (Lipinski definition) is 4. The molecule has 0 radical (unpaired) electrons. The lowest BCUT2D eigenvalue weighted by Crippen LogP contribution is -2.30. The second kappa shape index (κ2) is 10.6. The molecule has 1 rings (SSSR count). The van der Waals surface area contributed by atoms with E-state index in [-0.39, 0.29) is 23.2 Å². The predicted molar refractivity (Wildman–Crippen MR) is 93.9 cm³/mol. The standard InChI is InChI=1S/C15H25N3O3S.ClH/c1-3-18(4-2)22(20,21)14-9-7-13(8-10-14)12-17-15(19)6-5-11-16;/h7-10H,3-6,11-12,16H2,1-2H3,(H,17,19);1H. The minimum absolute atomic E-state index is 0. The quantitative estimate of drug-likeness (QED) is 0.695. The molecule has 132 valence electrons. The van der Waals surface area contributed by atoms with Crippen LogP contribution in [0.4, 0.5) is 0 Å². The first kappa shape index (κ1) is 21.9. The Morgan fingerprint density at radius 1 is 1.17 bits per heavy atom. The lowest BCUT2D eigenvalue weighted by molar-refractivity contribution is -0.121. The Balaban J connectivity index is 0.00000484. The molecule has 1 aromatic carbocycles. The molecule has 0 aliphatic rings. The van der Waals surface area contributed by atoms with Gasteiger partial charge in [0.15, 0.2) is 0 Å². The number of carbonyl (C=O) groups is 1. The first-order valence-electron chi connectivity index (χ1n) is 7.51. The summed E-state index contributed by atoms with van der Waals surface area (Å²) in [6, 6.07) is 6.60. The van der Waals surface area contributed by atoms with E-state index in [1.807, 2.05) is 13.8 Å². The second-order valence-electron chi connectivity index (χ2n) is 4.90. The molecular formula is C15H26ClN3O3S. The van der Waals surface area contributed by atoms with Gasteiger partial charge >= 0.3 is 0 Å². The molecule has 0 spiro atoms. The topological polar surface area (TPSA) is 92.5 Å². The normalized spacial score (nSPS) is 11.1. The van der Waals surface area contributed by atoms with Crippen LogP contribution in [0, 0.1) is 0 Å². The van der Waals surface area contributed by atoms with E-state index < -0.39 is 10.0 Å². The molecule has 1 aromatic rings. The van der Waals surface area contributed by atoms with Crippen LogP contribution in [0.25, 0.3) is 0 Å². The van der Waals surface area contributed by atoms with Gasteiger partial charge in [0.1, 0.15) is 0 Å². The number of sulfonamides is 1. The molecule has 23 heavy (non-hydrogen) atoms. The van der Waals surface area contributed by atoms with Crippen LogP contribution in [0.5, 0.6) is 0 Å². The highest BCUT2D eigenvalue weighted by atomic mass is 35.5. The van der Waals surface area contributed by atoms with Crippen LogP contribution < -0.4 is 11.1 Å². The minimum Gasteiger partial charge on any atom is -0.352 e. The molecule has 0 bridgehead atoms. The van der Waals surface area contributed by atoms with Gasteiger partial charge in [-0.05, 0) is 30.7 Å². The molecule has 0 fully saturated rings. The second-order valence-corrected chi connectivity index (χ2v) is 6.84. The lowest BCUT2D eigenvalue weighted by atomic mass is 10.2. The van der Waals surface area contributed by atoms with E-state index in [0.29, 0.717) is 39.0 Å². The fourth-order valence-corrected chi connectivity index (χ4v) is 3.50. The number of rotatable bonds is 9. The van der Waals surface area contributed by atoms with E-state index in [1.165, 1.54) is 4.31 Å². The Morgan fingerprint density at radius 2 is 1.74 bits per heavy atom. The number of nitrogens with zero attached hydrogens (tertiary/aromatic N) is 1. The zero-order valence-corrected chi connectivity index (χ0v) is 15.3. The van der Waals surface area contributed by atoms with E-state index in [9.17, 15) is 13.2 Å². The fourth-order valence-electron chi connectivity index (χ4n) is 2.04. The average molecular weight is 364 g/mol. The molecule has 0 heterocycles. The van der Waals surface area contributed by atoms with Crippen molar-refractivity contribution in [2.24, 2.45) is 5.73 Å². The van der Waals surface area contributed by atoms with Gasteiger partial charge in [0, 0.05) is 26.1 Å². The number of carbonyl (C=O) groups excluding carboxylic acids is 1. The summed E-state index contributed by atoms with van der Waals surface area (Å²) < 4.78 is 26.1. The van der Waals surface area contributed by atoms with Crippen molar-refractivity contribution in [3.05, 3.63) is 29.8 Å². The molecule has 0 saturated heterocycles. The summed E-state index contributed by atoms with van der Waals surface area (Å²) >= 11 is 0. The first-order chi connectivity index (χ1) is 10.5. The number of benzene rings is 1. The van der Waals surface area contributed by atoms with E-state index in [4.69, 9.17) is 5.73 Å². The summed E-state index contributed by atoms with van der Waals surface area (Å²) in [5, 5.41) is 2.78. The molecule has 0 aromatic heterocycles. The van der Waals surface area contributed by atoms with Gasteiger partial charge in [0.25, 0.3) is 0 Å². The highest BCUT2D eigenvalue weighted by molar-refractivity contribution is 7.89. The van der Waals surface area contributed by atoms with Gasteiger partial charge in [-0.1, -0.05) is 26.0 Å². The third kappa shape index (κ3) is 6.47. The van der Waals surface area contributed by atoms with Crippen molar-refractivity contribution in [2.75, 3.05) is 19.6 Å². The van der Waals surface area contributed by atoms with Crippen molar-refractivity contribution in [1.29, 1.82) is 0 Å². The molecule has 1 amide bonds. The van der Waals surface area contributed by atoms with Gasteiger partial charge in [-0.25, -0.2) is 8.42 Å². The average Bonchev–Trinajstić information content (AvgIpc) is 2.52. The minimum atomic E-state index is -3.43. The van der Waals surface area contributed by atoms with Crippen LogP contribution in [0.15, 0.2) is 29.2 Å². The van der Waals surface area contributed by atoms with E-state index in [0.717, 1.165) is 5.56 Å². The summed E-state index contributed by atoms with van der Waals surface area (Å²) in [5.74, 6) is -0.0507. The smallest absolute Gasteiger partial charge is 0.243 e. The summed E-state index contributed by atoms with van der Waals surface area (Å²) in [7, 11) is -3.43. The molecule has 0 aliphatic carbocycles. The molecule has 0 unspecified atom stereocenters. The Kier molecular flexibility index (Phi) is 10.1. The van der Waals surface area contributed by atoms with Gasteiger partial charge in [-0.15, -0.1) is 12.4 Å². The maximum absolute atomic E-state index is 12.3. The third-order valence-electron chi connectivity index (χ3n) is 3.36. The van der Waals surface area contributed by atoms with Crippen molar-refractivity contribution >= 4 is 28.3 Å². The van der Waals surface area contributed by atoms with Crippen molar-refractivity contribution in [3.63, 3.8) is 0 Å². The molecule has 0 aliphatic heterocycles.